The van der Waals surface area contributed by atoms with Crippen LogP contribution in [0.1, 0.15) is 84.6 Å². The number of aliphatic hydroxyl groups is 1. The fraction of sp³-hybridized carbons (Fsp3) is 0.391. The minimum atomic E-state index is -1.35. The molecule has 0 spiro atoms. The van der Waals surface area contributed by atoms with Crippen LogP contribution in [0, 0.1) is 40.8 Å². The summed E-state index contributed by atoms with van der Waals surface area (Å²) in [5, 5.41) is 26.3. The Morgan fingerprint density at radius 1 is 0.985 bits per heavy atom. The van der Waals surface area contributed by atoms with Crippen LogP contribution in [-0.2, 0) is 19.2 Å². The van der Waals surface area contributed by atoms with Crippen molar-refractivity contribution in [1.82, 2.24) is 36.5 Å². The van der Waals surface area contributed by atoms with Crippen LogP contribution in [-0.4, -0.2) is 88.7 Å². The molecule has 1 saturated heterocycles. The Bertz CT molecular complexity index is 2490. The van der Waals surface area contributed by atoms with Gasteiger partial charge in [-0.05, 0) is 110 Å². The zero-order valence-corrected chi connectivity index (χ0v) is 39.7. The number of hydrogen-bond donors (Lipinski definition) is 6. The maximum atomic E-state index is 14.7. The molecule has 20 heteroatoms. The molecule has 352 valence electrons. The molecule has 1 fully saturated rings. The minimum absolute atomic E-state index is 0.0297. The van der Waals surface area contributed by atoms with Gasteiger partial charge in [-0.3, -0.25) is 24.0 Å². The van der Waals surface area contributed by atoms with E-state index in [2.05, 4.69) is 36.9 Å². The molecule has 0 unspecified atom stereocenters. The third kappa shape index (κ3) is 12.9. The number of nitrogens with one attached hydrogen (secondary N) is 5. The summed E-state index contributed by atoms with van der Waals surface area (Å²) < 4.78 is 49.3. The molecule has 0 radical (unpaired) electrons. The monoisotopic (exact) mass is 1040 g/mol. The highest BCUT2D eigenvalue weighted by atomic mass is 127. The molecule has 2 aromatic heterocycles. The smallest absolute Gasteiger partial charge is 0.277 e. The number of rotatable bonds is 21. The SMILES string of the molecule is Cc1cc([C@H](C(=O)N2C[C@H](O)C[C@H]2C(=O)N[C@@H](CC(=O)NCCCNCCCONC(=O)c2ccc(F)c(F)c2Nc2ccc(I)cc2F)c2ccc(-c3scnc3C)cc2)C(C)C)on1. The van der Waals surface area contributed by atoms with Crippen molar-refractivity contribution in [1.29, 1.82) is 0 Å². The highest BCUT2D eigenvalue weighted by Crippen LogP contribution is 2.33. The Labute approximate surface area is 397 Å². The first kappa shape index (κ1) is 50.0. The molecule has 6 rings (SSSR count). The molecule has 6 N–H and O–H groups in total. The van der Waals surface area contributed by atoms with Crippen molar-refractivity contribution >= 4 is 68.9 Å². The summed E-state index contributed by atoms with van der Waals surface area (Å²) in [6.07, 6.45) is 0.0398. The highest BCUT2D eigenvalue weighted by Gasteiger charge is 2.43. The number of halogens is 4. The Hall–Kier alpha value is -5.42. The van der Waals surface area contributed by atoms with Gasteiger partial charge in [-0.1, -0.05) is 43.3 Å². The molecule has 0 aliphatic carbocycles. The normalized spacial score (nSPS) is 15.7. The van der Waals surface area contributed by atoms with Crippen molar-refractivity contribution in [3.05, 3.63) is 115 Å². The summed E-state index contributed by atoms with van der Waals surface area (Å²) in [6.45, 7) is 8.83. The quantitative estimate of drug-likeness (QED) is 0.0252. The van der Waals surface area contributed by atoms with Gasteiger partial charge < -0.3 is 35.8 Å². The molecule has 1 aliphatic rings. The van der Waals surface area contributed by atoms with Gasteiger partial charge in [0.25, 0.3) is 5.91 Å². The molecule has 0 bridgehead atoms. The number of benzene rings is 3. The highest BCUT2D eigenvalue weighted by molar-refractivity contribution is 14.1. The maximum Gasteiger partial charge on any atom is 0.277 e. The van der Waals surface area contributed by atoms with Gasteiger partial charge in [0.05, 0.1) is 63.9 Å². The number of β-amino-alcohol motifs (C(OH)–C–C–N with tert-alkyl or cyclic N) is 1. The molecule has 15 nitrogen and oxygen atoms in total. The van der Waals surface area contributed by atoms with Crippen LogP contribution in [0.4, 0.5) is 24.5 Å². The lowest BCUT2D eigenvalue weighted by Crippen LogP contribution is -2.49. The number of aromatic nitrogens is 2. The van der Waals surface area contributed by atoms with Crippen LogP contribution in [0.3, 0.4) is 0 Å². The Morgan fingerprint density at radius 3 is 2.42 bits per heavy atom. The van der Waals surface area contributed by atoms with Crippen LogP contribution in [0.15, 0.2) is 70.7 Å². The molecule has 4 amide bonds. The molecule has 3 aromatic carbocycles. The Kier molecular flexibility index (Phi) is 17.7. The third-order valence-corrected chi connectivity index (χ3v) is 12.6. The molecule has 3 heterocycles. The first-order valence-corrected chi connectivity index (χ1v) is 23.4. The van der Waals surface area contributed by atoms with Gasteiger partial charge in [0.2, 0.25) is 17.7 Å². The van der Waals surface area contributed by atoms with Crippen LogP contribution >= 0.6 is 33.9 Å². The van der Waals surface area contributed by atoms with E-state index in [1.807, 2.05) is 67.6 Å². The average molecular weight is 1040 g/mol. The van der Waals surface area contributed by atoms with Gasteiger partial charge in [-0.2, -0.15) is 0 Å². The van der Waals surface area contributed by atoms with E-state index in [0.717, 1.165) is 28.3 Å². The summed E-state index contributed by atoms with van der Waals surface area (Å²) in [7, 11) is 0. The van der Waals surface area contributed by atoms with Crippen molar-refractivity contribution in [2.75, 3.05) is 38.1 Å². The van der Waals surface area contributed by atoms with Crippen molar-refractivity contribution in [2.24, 2.45) is 5.92 Å². The number of aliphatic hydroxyl groups excluding tert-OH is 1. The van der Waals surface area contributed by atoms with Gasteiger partial charge in [-0.15, -0.1) is 11.3 Å². The first-order chi connectivity index (χ1) is 31.6. The van der Waals surface area contributed by atoms with E-state index in [-0.39, 0.29) is 55.0 Å². The number of nitrogens with zero attached hydrogens (tertiary/aromatic N) is 3. The molecule has 66 heavy (non-hydrogen) atoms. The van der Waals surface area contributed by atoms with E-state index in [9.17, 15) is 37.5 Å². The van der Waals surface area contributed by atoms with E-state index >= 15 is 0 Å². The van der Waals surface area contributed by atoms with Crippen LogP contribution < -0.4 is 26.7 Å². The lowest BCUT2D eigenvalue weighted by molar-refractivity contribution is -0.141. The number of thiazole rings is 1. The fourth-order valence-corrected chi connectivity index (χ4v) is 8.83. The average Bonchev–Trinajstić information content (AvgIpc) is 4.02. The Morgan fingerprint density at radius 2 is 1.74 bits per heavy atom. The van der Waals surface area contributed by atoms with Gasteiger partial charge >= 0.3 is 0 Å². The second-order valence-corrected chi connectivity index (χ2v) is 18.4. The van der Waals surface area contributed by atoms with Crippen molar-refractivity contribution in [3.8, 4) is 10.4 Å². The predicted molar refractivity (Wildman–Crippen MR) is 250 cm³/mol. The number of anilines is 2. The van der Waals surface area contributed by atoms with E-state index < -0.39 is 59.1 Å². The number of aryl methyl sites for hydroxylation is 2. The van der Waals surface area contributed by atoms with Gasteiger partial charge in [0, 0.05) is 29.1 Å². The van der Waals surface area contributed by atoms with Gasteiger partial charge in [0.1, 0.15) is 23.5 Å². The van der Waals surface area contributed by atoms with E-state index in [4.69, 9.17) is 9.36 Å². The first-order valence-electron chi connectivity index (χ1n) is 21.4. The van der Waals surface area contributed by atoms with Crippen molar-refractivity contribution < 1.29 is 46.8 Å². The molecular formula is C46H52F3IN8O7S. The summed E-state index contributed by atoms with van der Waals surface area (Å²) in [5.74, 6) is -5.82. The topological polar surface area (TPSA) is 200 Å². The number of carbonyl (C=O) groups is 4. The number of amides is 4. The van der Waals surface area contributed by atoms with Crippen molar-refractivity contribution in [3.63, 3.8) is 0 Å². The Balaban J connectivity index is 0.980. The number of hydroxylamine groups is 1. The second-order valence-electron chi connectivity index (χ2n) is 16.3. The zero-order chi connectivity index (χ0) is 47.5. The molecule has 1 aliphatic heterocycles. The lowest BCUT2D eigenvalue weighted by Gasteiger charge is -2.30. The van der Waals surface area contributed by atoms with Gasteiger partial charge in [0.15, 0.2) is 11.6 Å². The second kappa shape index (κ2) is 23.3. The van der Waals surface area contributed by atoms with E-state index in [1.165, 1.54) is 28.4 Å². The molecule has 4 atom stereocenters. The number of hydrogen-bond acceptors (Lipinski definition) is 12. The lowest BCUT2D eigenvalue weighted by atomic mass is 9.91. The van der Waals surface area contributed by atoms with E-state index in [1.54, 1.807) is 24.6 Å². The zero-order valence-electron chi connectivity index (χ0n) is 36.8. The largest absolute Gasteiger partial charge is 0.391 e. The predicted octanol–water partition coefficient (Wildman–Crippen LogP) is 6.98. The number of likely N-dealkylation sites (tertiary alicyclic amines) is 1. The summed E-state index contributed by atoms with van der Waals surface area (Å²) >= 11 is 3.42. The van der Waals surface area contributed by atoms with Crippen molar-refractivity contribution in [2.45, 2.75) is 77.5 Å². The third-order valence-electron chi connectivity index (χ3n) is 10.9. The minimum Gasteiger partial charge on any atom is -0.391 e. The summed E-state index contributed by atoms with van der Waals surface area (Å²) in [4.78, 5) is 66.3. The molecular weight excluding hydrogens is 993 g/mol. The van der Waals surface area contributed by atoms with E-state index in [0.29, 0.717) is 53.1 Å². The fourth-order valence-electron chi connectivity index (χ4n) is 7.57. The summed E-state index contributed by atoms with van der Waals surface area (Å²) in [6, 6.07) is 13.5. The van der Waals surface area contributed by atoms with Crippen LogP contribution in [0.2, 0.25) is 0 Å². The van der Waals surface area contributed by atoms with Crippen LogP contribution in [0.5, 0.6) is 0 Å². The summed E-state index contributed by atoms with van der Waals surface area (Å²) in [5.41, 5.74) is 6.13. The van der Waals surface area contributed by atoms with Crippen LogP contribution in [0.25, 0.3) is 10.4 Å². The van der Waals surface area contributed by atoms with Gasteiger partial charge in [-0.25, -0.2) is 23.6 Å². The molecule has 5 aromatic rings. The maximum absolute atomic E-state index is 14.7. The number of carbonyl (C=O) groups excluding carboxylic acids is 4. The standard InChI is InChI=1S/C46H52F3IN8O7S/c1-25(2)40(38-19-26(3)56-65-38)46(63)58-23-31(59)21-37(58)45(62)55-36(28-7-9-29(10-8-28)43-27(4)53-24-66-43)22-39(60)52-17-5-15-51-16-6-18-64-57-44(61)32-12-13-33(47)41(49)42(32)54-35-14-11-30(50)20-34(35)48/h7-14,19-20,24-25,31,36-37,40,51,54,59H,5-6,15-18,21-23H2,1-4H3,(H,52,60)(H,55,62)(H,57,61)/t31-,36+,37+,40-/m1/s1. The molecule has 0 saturated carbocycles.